The summed E-state index contributed by atoms with van der Waals surface area (Å²) in [6.45, 7) is 13.0. The fourth-order valence-electron chi connectivity index (χ4n) is 3.89. The monoisotopic (exact) mass is 476 g/mol. The average molecular weight is 477 g/mol. The number of aromatic nitrogens is 1. The van der Waals surface area contributed by atoms with Gasteiger partial charge in [0.15, 0.2) is 0 Å². The molecule has 1 N–H and O–H groups in total. The lowest BCUT2D eigenvalue weighted by atomic mass is 10.0. The molecule has 1 fully saturated rings. The van der Waals surface area contributed by atoms with Gasteiger partial charge in [-0.1, -0.05) is 25.1 Å². The zero-order chi connectivity index (χ0) is 25.2. The summed E-state index contributed by atoms with van der Waals surface area (Å²) in [6, 6.07) is 9.75. The Labute approximate surface area is 208 Å². The van der Waals surface area contributed by atoms with E-state index >= 15 is 0 Å². The van der Waals surface area contributed by atoms with Gasteiger partial charge in [-0.2, -0.15) is 5.10 Å². The summed E-state index contributed by atoms with van der Waals surface area (Å²) in [7, 11) is 0. The molecule has 1 aliphatic heterocycles. The molecule has 0 bridgehead atoms. The molecule has 7 nitrogen and oxygen atoms in total. The van der Waals surface area contributed by atoms with Crippen molar-refractivity contribution < 1.29 is 14.3 Å². The van der Waals surface area contributed by atoms with Crippen molar-refractivity contribution in [2.24, 2.45) is 5.10 Å². The zero-order valence-corrected chi connectivity index (χ0v) is 21.4. The molecule has 1 saturated heterocycles. The van der Waals surface area contributed by atoms with E-state index in [-0.39, 0.29) is 5.91 Å². The third kappa shape index (κ3) is 6.79. The number of benzene rings is 1. The number of anilines is 1. The predicted molar refractivity (Wildman–Crippen MR) is 142 cm³/mol. The summed E-state index contributed by atoms with van der Waals surface area (Å²) in [5, 5.41) is 4.55. The predicted octanol–water partition coefficient (Wildman–Crippen LogP) is 5.59. The summed E-state index contributed by atoms with van der Waals surface area (Å²) < 4.78 is 11.2. The second kappa shape index (κ2) is 12.9. The SMILES string of the molecule is C/C=C(C(=C/C)\OCCC)/C(C)=N/Nc1ncc(-c2cccc(C(=O)N3CCOCC3)c2)cc1C. The summed E-state index contributed by atoms with van der Waals surface area (Å²) in [5.41, 5.74) is 8.39. The number of hydrogen-bond donors (Lipinski definition) is 1. The third-order valence-corrected chi connectivity index (χ3v) is 5.82. The molecule has 1 amide bonds. The summed E-state index contributed by atoms with van der Waals surface area (Å²) in [5.74, 6) is 1.54. The first kappa shape index (κ1) is 26.2. The van der Waals surface area contributed by atoms with E-state index in [1.54, 1.807) is 6.20 Å². The molecule has 1 aromatic heterocycles. The number of allylic oxidation sites excluding steroid dienone is 3. The Morgan fingerprint density at radius 2 is 1.97 bits per heavy atom. The molecule has 0 saturated carbocycles. The van der Waals surface area contributed by atoms with E-state index < -0.39 is 0 Å². The minimum Gasteiger partial charge on any atom is -0.493 e. The molecule has 1 aliphatic rings. The fraction of sp³-hybridized carbons (Fsp3) is 0.393. The van der Waals surface area contributed by atoms with Crippen molar-refractivity contribution in [1.82, 2.24) is 9.88 Å². The number of carbonyl (C=O) groups excluding carboxylic acids is 1. The van der Waals surface area contributed by atoms with Crippen molar-refractivity contribution >= 4 is 17.4 Å². The van der Waals surface area contributed by atoms with Gasteiger partial charge in [0.05, 0.1) is 25.5 Å². The van der Waals surface area contributed by atoms with Crippen molar-refractivity contribution in [3.63, 3.8) is 0 Å². The number of aryl methyl sites for hydroxylation is 1. The van der Waals surface area contributed by atoms with E-state index in [4.69, 9.17) is 9.47 Å². The Hall–Kier alpha value is -3.45. The van der Waals surface area contributed by atoms with Crippen LogP contribution in [0.15, 0.2) is 65.1 Å². The molecule has 0 spiro atoms. The molecule has 7 heteroatoms. The van der Waals surface area contributed by atoms with Crippen LogP contribution in [0.3, 0.4) is 0 Å². The largest absolute Gasteiger partial charge is 0.493 e. The van der Waals surface area contributed by atoms with E-state index in [0.29, 0.717) is 44.3 Å². The Bertz CT molecular complexity index is 1110. The maximum absolute atomic E-state index is 12.9. The van der Waals surface area contributed by atoms with Crippen molar-refractivity contribution in [3.8, 4) is 11.1 Å². The number of morpholine rings is 1. The normalized spacial score (nSPS) is 15.2. The Morgan fingerprint density at radius 3 is 2.63 bits per heavy atom. The second-order valence-corrected chi connectivity index (χ2v) is 8.39. The molecule has 0 radical (unpaired) electrons. The summed E-state index contributed by atoms with van der Waals surface area (Å²) in [4.78, 5) is 19.3. The van der Waals surface area contributed by atoms with E-state index in [9.17, 15) is 4.79 Å². The standard InChI is InChI=1S/C28H36N4O3/c1-6-14-35-26(8-3)25(7-2)21(5)30-31-27-20(4)17-24(19-29-27)22-10-9-11-23(18-22)28(33)32-12-15-34-16-13-32/h7-11,17-19H,6,12-16H2,1-5H3,(H,29,31)/b25-7-,26-8+,30-21+. The Kier molecular flexibility index (Phi) is 9.61. The number of amides is 1. The molecule has 35 heavy (non-hydrogen) atoms. The smallest absolute Gasteiger partial charge is 0.254 e. The molecule has 0 aliphatic carbocycles. The van der Waals surface area contributed by atoms with Crippen molar-refractivity contribution in [3.05, 3.63) is 71.1 Å². The van der Waals surface area contributed by atoms with E-state index in [0.717, 1.165) is 40.2 Å². The summed E-state index contributed by atoms with van der Waals surface area (Å²) >= 11 is 0. The third-order valence-electron chi connectivity index (χ3n) is 5.82. The molecule has 2 aromatic rings. The van der Waals surface area contributed by atoms with Crippen molar-refractivity contribution in [1.29, 1.82) is 0 Å². The van der Waals surface area contributed by atoms with Gasteiger partial charge in [0.2, 0.25) is 0 Å². The number of hydrogen-bond acceptors (Lipinski definition) is 6. The lowest BCUT2D eigenvalue weighted by Crippen LogP contribution is -2.40. The van der Waals surface area contributed by atoms with E-state index in [1.807, 2.05) is 69.0 Å². The van der Waals surface area contributed by atoms with Crippen LogP contribution in [0.2, 0.25) is 0 Å². The lowest BCUT2D eigenvalue weighted by molar-refractivity contribution is 0.0303. The van der Waals surface area contributed by atoms with Crippen LogP contribution in [-0.2, 0) is 9.47 Å². The first-order chi connectivity index (χ1) is 17.0. The number of nitrogens with one attached hydrogen (secondary N) is 1. The van der Waals surface area contributed by atoms with Crippen LogP contribution in [0.25, 0.3) is 11.1 Å². The van der Waals surface area contributed by atoms with Gasteiger partial charge in [-0.05, 0) is 69.5 Å². The minimum atomic E-state index is 0.0335. The van der Waals surface area contributed by atoms with Crippen LogP contribution >= 0.6 is 0 Å². The number of rotatable bonds is 9. The van der Waals surface area contributed by atoms with Gasteiger partial charge in [0.25, 0.3) is 5.91 Å². The van der Waals surface area contributed by atoms with Gasteiger partial charge in [0.1, 0.15) is 11.6 Å². The van der Waals surface area contributed by atoms with Gasteiger partial charge >= 0.3 is 0 Å². The van der Waals surface area contributed by atoms with Crippen LogP contribution in [0.5, 0.6) is 0 Å². The molecule has 1 aromatic carbocycles. The molecule has 3 rings (SSSR count). The number of ether oxygens (including phenoxy) is 2. The molecular formula is C28H36N4O3. The molecular weight excluding hydrogens is 440 g/mol. The number of nitrogens with zero attached hydrogens (tertiary/aromatic N) is 3. The van der Waals surface area contributed by atoms with Gasteiger partial charge in [-0.25, -0.2) is 4.98 Å². The zero-order valence-electron chi connectivity index (χ0n) is 21.4. The van der Waals surface area contributed by atoms with Gasteiger partial charge in [-0.15, -0.1) is 0 Å². The minimum absolute atomic E-state index is 0.0335. The highest BCUT2D eigenvalue weighted by atomic mass is 16.5. The highest BCUT2D eigenvalue weighted by Crippen LogP contribution is 2.25. The number of carbonyl (C=O) groups is 1. The molecule has 0 unspecified atom stereocenters. The summed E-state index contributed by atoms with van der Waals surface area (Å²) in [6.07, 6.45) is 6.71. The van der Waals surface area contributed by atoms with Gasteiger partial charge in [-0.3, -0.25) is 10.2 Å². The first-order valence-corrected chi connectivity index (χ1v) is 12.2. The second-order valence-electron chi connectivity index (χ2n) is 8.39. The number of pyridine rings is 1. The van der Waals surface area contributed by atoms with Crippen LogP contribution in [0.4, 0.5) is 5.82 Å². The topological polar surface area (TPSA) is 76.0 Å². The quantitative estimate of drug-likeness (QED) is 0.221. The van der Waals surface area contributed by atoms with Crippen molar-refractivity contribution in [2.45, 2.75) is 41.0 Å². The fourth-order valence-corrected chi connectivity index (χ4v) is 3.89. The average Bonchev–Trinajstić information content (AvgIpc) is 2.90. The first-order valence-electron chi connectivity index (χ1n) is 12.2. The Morgan fingerprint density at radius 1 is 1.20 bits per heavy atom. The maximum Gasteiger partial charge on any atom is 0.254 e. The van der Waals surface area contributed by atoms with Crippen LogP contribution in [-0.4, -0.2) is 54.4 Å². The molecule has 186 valence electrons. The van der Waals surface area contributed by atoms with Gasteiger partial charge < -0.3 is 14.4 Å². The highest BCUT2D eigenvalue weighted by Gasteiger charge is 2.19. The highest BCUT2D eigenvalue weighted by molar-refractivity contribution is 6.02. The van der Waals surface area contributed by atoms with Crippen molar-refractivity contribution in [2.75, 3.05) is 38.3 Å². The van der Waals surface area contributed by atoms with E-state index in [2.05, 4.69) is 28.5 Å². The van der Waals surface area contributed by atoms with Crippen LogP contribution < -0.4 is 5.43 Å². The van der Waals surface area contributed by atoms with E-state index in [1.165, 1.54) is 0 Å². The molecule has 0 atom stereocenters. The number of hydrazone groups is 1. The van der Waals surface area contributed by atoms with Crippen LogP contribution in [0.1, 0.15) is 50.0 Å². The van der Waals surface area contributed by atoms with Crippen LogP contribution in [0, 0.1) is 6.92 Å². The Balaban J connectivity index is 1.75. The maximum atomic E-state index is 12.9. The lowest BCUT2D eigenvalue weighted by Gasteiger charge is -2.27. The molecule has 2 heterocycles. The van der Waals surface area contributed by atoms with Gasteiger partial charge in [0, 0.05) is 36.0 Å².